The molecule has 0 bridgehead atoms. The Hall–Kier alpha value is -2.40. The van der Waals surface area contributed by atoms with Crippen LogP contribution in [0.2, 0.25) is 0 Å². The van der Waals surface area contributed by atoms with Crippen LogP contribution >= 0.6 is 0 Å². The molecule has 168 valence electrons. The highest BCUT2D eigenvalue weighted by Crippen LogP contribution is 2.35. The lowest BCUT2D eigenvalue weighted by Crippen LogP contribution is -2.50. The van der Waals surface area contributed by atoms with Crippen molar-refractivity contribution in [1.82, 2.24) is 15.6 Å². The van der Waals surface area contributed by atoms with Crippen LogP contribution in [0.3, 0.4) is 0 Å². The number of carboxylic acid groups (broad SMARTS) is 1. The second-order valence-electron chi connectivity index (χ2n) is 9.86. The van der Waals surface area contributed by atoms with Crippen LogP contribution in [0.15, 0.2) is 42.7 Å². The van der Waals surface area contributed by atoms with Crippen molar-refractivity contribution < 1.29 is 9.90 Å². The second-order valence-corrected chi connectivity index (χ2v) is 9.86. The summed E-state index contributed by atoms with van der Waals surface area (Å²) in [6.45, 7) is 9.45. The number of carbonyl (C=O) groups is 1. The predicted octanol–water partition coefficient (Wildman–Crippen LogP) is 5.64. The molecule has 1 atom stereocenters. The maximum absolute atomic E-state index is 11.3. The number of nitrogens with zero attached hydrogens (tertiary/aromatic N) is 1. The van der Waals surface area contributed by atoms with Gasteiger partial charge in [0.15, 0.2) is 0 Å². The molecule has 1 aliphatic rings. The monoisotopic (exact) mass is 423 g/mol. The maximum Gasteiger partial charge on any atom is 0.404 e. The third kappa shape index (κ3) is 6.30. The summed E-state index contributed by atoms with van der Waals surface area (Å²) < 4.78 is 0. The molecule has 0 aliphatic heterocycles. The lowest BCUT2D eigenvalue weighted by Gasteiger charge is -2.40. The molecule has 1 aromatic carbocycles. The molecule has 1 aliphatic carbocycles. The molecule has 3 rings (SSSR count). The molecule has 3 N–H and O–H groups in total. The molecular formula is C26H37N3O2. The fraction of sp³-hybridized carbons (Fsp3) is 0.538. The van der Waals surface area contributed by atoms with E-state index >= 15 is 0 Å². The Morgan fingerprint density at radius 1 is 1.06 bits per heavy atom. The van der Waals surface area contributed by atoms with Gasteiger partial charge >= 0.3 is 6.09 Å². The molecule has 1 unspecified atom stereocenters. The molecule has 1 amide bonds. The molecule has 5 nitrogen and oxygen atoms in total. The van der Waals surface area contributed by atoms with E-state index in [-0.39, 0.29) is 11.5 Å². The molecule has 31 heavy (non-hydrogen) atoms. The summed E-state index contributed by atoms with van der Waals surface area (Å²) >= 11 is 0. The Labute approximate surface area is 186 Å². The molecule has 0 spiro atoms. The quantitative estimate of drug-likeness (QED) is 0.539. The summed E-state index contributed by atoms with van der Waals surface area (Å²) in [5.41, 5.74) is 5.09. The van der Waals surface area contributed by atoms with Crippen molar-refractivity contribution in [3.05, 3.63) is 53.9 Å². The molecule has 1 saturated carbocycles. The lowest BCUT2D eigenvalue weighted by molar-refractivity contribution is 0.129. The summed E-state index contributed by atoms with van der Waals surface area (Å²) in [5.74, 6) is 0.398. The molecular weight excluding hydrogens is 386 g/mol. The molecule has 2 aromatic rings. The fourth-order valence-electron chi connectivity index (χ4n) is 4.94. The van der Waals surface area contributed by atoms with Crippen molar-refractivity contribution in [3.63, 3.8) is 0 Å². The average Bonchev–Trinajstić information content (AvgIpc) is 2.76. The highest BCUT2D eigenvalue weighted by Gasteiger charge is 2.35. The number of aryl methyl sites for hydroxylation is 1. The Morgan fingerprint density at radius 3 is 2.32 bits per heavy atom. The van der Waals surface area contributed by atoms with Crippen LogP contribution in [0, 0.1) is 11.3 Å². The Bertz CT molecular complexity index is 853. The van der Waals surface area contributed by atoms with E-state index in [4.69, 9.17) is 0 Å². The van der Waals surface area contributed by atoms with Crippen LogP contribution < -0.4 is 10.6 Å². The molecule has 5 heteroatoms. The minimum absolute atomic E-state index is 0.00492. The van der Waals surface area contributed by atoms with Gasteiger partial charge in [0.05, 0.1) is 0 Å². The van der Waals surface area contributed by atoms with Crippen LogP contribution in [0.4, 0.5) is 4.79 Å². The van der Waals surface area contributed by atoms with Gasteiger partial charge in [-0.3, -0.25) is 4.98 Å². The van der Waals surface area contributed by atoms with Gasteiger partial charge < -0.3 is 15.7 Å². The second kappa shape index (κ2) is 10.3. The summed E-state index contributed by atoms with van der Waals surface area (Å²) in [7, 11) is 0. The zero-order valence-electron chi connectivity index (χ0n) is 19.3. The average molecular weight is 424 g/mol. The Morgan fingerprint density at radius 2 is 1.74 bits per heavy atom. The molecule has 0 saturated heterocycles. The van der Waals surface area contributed by atoms with Crippen LogP contribution in [-0.4, -0.2) is 28.3 Å². The van der Waals surface area contributed by atoms with E-state index in [9.17, 15) is 9.90 Å². The third-order valence-corrected chi connectivity index (χ3v) is 6.64. The van der Waals surface area contributed by atoms with Gasteiger partial charge in [-0.2, -0.15) is 0 Å². The number of amides is 1. The van der Waals surface area contributed by atoms with E-state index in [2.05, 4.69) is 73.6 Å². The Kier molecular flexibility index (Phi) is 7.71. The minimum Gasteiger partial charge on any atom is -0.465 e. The zero-order chi connectivity index (χ0) is 22.4. The topological polar surface area (TPSA) is 74.2 Å². The van der Waals surface area contributed by atoms with Crippen molar-refractivity contribution in [1.29, 1.82) is 0 Å². The normalized spacial score (nSPS) is 20.3. The van der Waals surface area contributed by atoms with Crippen LogP contribution in [0.25, 0.3) is 11.1 Å². The van der Waals surface area contributed by atoms with Gasteiger partial charge in [-0.05, 0) is 83.9 Å². The summed E-state index contributed by atoms with van der Waals surface area (Å²) in [6.07, 6.45) is 8.06. The van der Waals surface area contributed by atoms with Crippen molar-refractivity contribution in [2.24, 2.45) is 11.3 Å². The van der Waals surface area contributed by atoms with Gasteiger partial charge in [0, 0.05) is 31.0 Å². The number of aromatic nitrogens is 1. The van der Waals surface area contributed by atoms with Gasteiger partial charge in [-0.25, -0.2) is 4.79 Å². The molecule has 1 heterocycles. The van der Waals surface area contributed by atoms with E-state index in [1.165, 1.54) is 22.3 Å². The number of pyridine rings is 1. The van der Waals surface area contributed by atoms with Crippen LogP contribution in [0.1, 0.15) is 64.5 Å². The van der Waals surface area contributed by atoms with Gasteiger partial charge in [0.1, 0.15) is 0 Å². The first-order valence-electron chi connectivity index (χ1n) is 11.5. The van der Waals surface area contributed by atoms with E-state index in [0.717, 1.165) is 38.6 Å². The number of nitrogens with one attached hydrogen (secondary N) is 2. The summed E-state index contributed by atoms with van der Waals surface area (Å²) in [4.78, 5) is 15.4. The van der Waals surface area contributed by atoms with Gasteiger partial charge in [0.2, 0.25) is 0 Å². The van der Waals surface area contributed by atoms with Crippen molar-refractivity contribution in [2.75, 3.05) is 0 Å². The van der Waals surface area contributed by atoms with E-state index in [1.54, 1.807) is 0 Å². The minimum atomic E-state index is -0.915. The smallest absolute Gasteiger partial charge is 0.404 e. The SMILES string of the molecule is CCc1ccc(-c2ccncc2)cc1CNC1CCC(C(NC(=O)O)C(C)(C)C)CC1. The summed E-state index contributed by atoms with van der Waals surface area (Å²) in [5, 5.41) is 15.8. The molecule has 1 fully saturated rings. The fourth-order valence-corrected chi connectivity index (χ4v) is 4.94. The Balaban J connectivity index is 1.61. The summed E-state index contributed by atoms with van der Waals surface area (Å²) in [6, 6.07) is 11.3. The highest BCUT2D eigenvalue weighted by atomic mass is 16.4. The first kappa shape index (κ1) is 23.3. The molecule has 1 aromatic heterocycles. The van der Waals surface area contributed by atoms with E-state index in [0.29, 0.717) is 12.0 Å². The lowest BCUT2D eigenvalue weighted by atomic mass is 9.72. The van der Waals surface area contributed by atoms with Gasteiger partial charge in [0.25, 0.3) is 0 Å². The van der Waals surface area contributed by atoms with Gasteiger partial charge in [-0.15, -0.1) is 0 Å². The van der Waals surface area contributed by atoms with E-state index in [1.807, 2.05) is 12.4 Å². The zero-order valence-corrected chi connectivity index (χ0v) is 19.3. The standard InChI is InChI=1S/C26H37N3O2/c1-5-18-6-7-21(19-12-14-27-15-13-19)16-22(18)17-28-23-10-8-20(9-11-23)24(26(2,3)4)29-25(30)31/h6-7,12-16,20,23-24,28-29H,5,8-11,17H2,1-4H3,(H,30,31). The first-order valence-corrected chi connectivity index (χ1v) is 11.5. The number of benzene rings is 1. The van der Waals surface area contributed by atoms with E-state index < -0.39 is 6.09 Å². The number of hydrogen-bond acceptors (Lipinski definition) is 3. The van der Waals surface area contributed by atoms with Gasteiger partial charge in [-0.1, -0.05) is 39.8 Å². The third-order valence-electron chi connectivity index (χ3n) is 6.64. The number of rotatable bonds is 7. The van der Waals surface area contributed by atoms with Crippen LogP contribution in [0.5, 0.6) is 0 Å². The molecule has 0 radical (unpaired) electrons. The van der Waals surface area contributed by atoms with Crippen LogP contribution in [-0.2, 0) is 13.0 Å². The number of hydrogen-bond donors (Lipinski definition) is 3. The maximum atomic E-state index is 11.3. The van der Waals surface area contributed by atoms with Crippen molar-refractivity contribution in [3.8, 4) is 11.1 Å². The first-order chi connectivity index (χ1) is 14.8. The van der Waals surface area contributed by atoms with Crippen molar-refractivity contribution in [2.45, 2.75) is 78.4 Å². The highest BCUT2D eigenvalue weighted by molar-refractivity contribution is 5.65. The largest absolute Gasteiger partial charge is 0.465 e. The van der Waals surface area contributed by atoms with Crippen molar-refractivity contribution >= 4 is 6.09 Å². The predicted molar refractivity (Wildman–Crippen MR) is 126 cm³/mol.